The van der Waals surface area contributed by atoms with Crippen LogP contribution in [0.2, 0.25) is 0 Å². The largest absolute Gasteiger partial charge is 0.484 e. The maximum absolute atomic E-state index is 14.2. The molecular weight excluding hydrogens is 410 g/mol. The van der Waals surface area contributed by atoms with Gasteiger partial charge in [0.15, 0.2) is 6.61 Å². The average Bonchev–Trinajstić information content (AvgIpc) is 3.05. The first-order valence-electron chi connectivity index (χ1n) is 8.54. The summed E-state index contributed by atoms with van der Waals surface area (Å²) in [5.41, 5.74) is 1.16. The molecule has 2 aromatic carbocycles. The molecule has 0 spiro atoms. The van der Waals surface area contributed by atoms with Crippen molar-refractivity contribution in [1.29, 1.82) is 0 Å². The Labute approximate surface area is 168 Å². The van der Waals surface area contributed by atoms with Gasteiger partial charge in [0, 0.05) is 29.3 Å². The number of ether oxygens (including phenoxy) is 2. The molecule has 1 heterocycles. The Morgan fingerprint density at radius 2 is 1.86 bits per heavy atom. The van der Waals surface area contributed by atoms with E-state index in [2.05, 4.69) is 10.1 Å². The fraction of sp³-hybridized carbons (Fsp3) is 0.250. The van der Waals surface area contributed by atoms with Gasteiger partial charge in [0.1, 0.15) is 11.6 Å². The summed E-state index contributed by atoms with van der Waals surface area (Å²) >= 11 is 1.17. The second kappa shape index (κ2) is 8.79. The van der Waals surface area contributed by atoms with E-state index < -0.39 is 18.6 Å². The van der Waals surface area contributed by atoms with E-state index in [-0.39, 0.29) is 24.8 Å². The zero-order valence-electron chi connectivity index (χ0n) is 15.3. The van der Waals surface area contributed by atoms with Gasteiger partial charge < -0.3 is 14.8 Å². The fourth-order valence-electron chi connectivity index (χ4n) is 2.76. The van der Waals surface area contributed by atoms with Gasteiger partial charge in [-0.05, 0) is 29.8 Å². The van der Waals surface area contributed by atoms with Gasteiger partial charge in [0.2, 0.25) is 0 Å². The van der Waals surface area contributed by atoms with Crippen LogP contribution in [0.5, 0.6) is 5.75 Å². The zero-order valence-corrected chi connectivity index (χ0v) is 16.1. The number of benzene rings is 2. The molecule has 154 valence electrons. The molecule has 1 aromatic heterocycles. The number of hydrogen-bond donors (Lipinski definition) is 1. The third-order valence-corrected chi connectivity index (χ3v) is 5.23. The van der Waals surface area contributed by atoms with Crippen LogP contribution in [0, 0.1) is 5.82 Å². The maximum Gasteiger partial charge on any atom is 0.422 e. The van der Waals surface area contributed by atoms with Gasteiger partial charge >= 0.3 is 6.18 Å². The van der Waals surface area contributed by atoms with Crippen LogP contribution in [0.4, 0.5) is 17.6 Å². The number of carbonyl (C=O) groups excluding carboxylic acids is 1. The lowest BCUT2D eigenvalue weighted by atomic mass is 10.1. The molecule has 1 N–H and O–H groups in total. The molecule has 0 atom stereocenters. The molecule has 0 aliphatic heterocycles. The van der Waals surface area contributed by atoms with Crippen LogP contribution in [-0.4, -0.2) is 25.8 Å². The first-order valence-corrected chi connectivity index (χ1v) is 9.35. The smallest absolute Gasteiger partial charge is 0.422 e. The van der Waals surface area contributed by atoms with E-state index in [1.807, 2.05) is 0 Å². The van der Waals surface area contributed by atoms with Crippen molar-refractivity contribution in [2.45, 2.75) is 19.3 Å². The van der Waals surface area contributed by atoms with Crippen molar-refractivity contribution < 1.29 is 31.8 Å². The predicted molar refractivity (Wildman–Crippen MR) is 102 cm³/mol. The summed E-state index contributed by atoms with van der Waals surface area (Å²) in [4.78, 5) is 13.0. The van der Waals surface area contributed by atoms with Crippen LogP contribution in [-0.2, 0) is 17.9 Å². The van der Waals surface area contributed by atoms with Crippen LogP contribution >= 0.6 is 11.3 Å². The van der Waals surface area contributed by atoms with Gasteiger partial charge in [0.25, 0.3) is 5.91 Å². The molecule has 29 heavy (non-hydrogen) atoms. The molecule has 3 rings (SSSR count). The summed E-state index contributed by atoms with van der Waals surface area (Å²) in [6.45, 7) is -1.12. The molecule has 0 aliphatic rings. The summed E-state index contributed by atoms with van der Waals surface area (Å²) in [5.74, 6) is -0.714. The molecule has 4 nitrogen and oxygen atoms in total. The molecule has 9 heteroatoms. The third-order valence-electron chi connectivity index (χ3n) is 4.04. The van der Waals surface area contributed by atoms with E-state index in [0.717, 1.165) is 0 Å². The summed E-state index contributed by atoms with van der Waals surface area (Å²) < 4.78 is 61.2. The summed E-state index contributed by atoms with van der Waals surface area (Å²) in [6, 6.07) is 10.6. The number of nitrogens with one attached hydrogen (secondary N) is 1. The number of fused-ring (bicyclic) bond motifs is 1. The maximum atomic E-state index is 14.2. The highest BCUT2D eigenvalue weighted by Gasteiger charge is 2.28. The molecule has 0 saturated heterocycles. The Bertz CT molecular complexity index is 999. The highest BCUT2D eigenvalue weighted by Crippen LogP contribution is 2.33. The lowest BCUT2D eigenvalue weighted by Crippen LogP contribution is -2.23. The van der Waals surface area contributed by atoms with Gasteiger partial charge in [-0.25, -0.2) is 4.39 Å². The van der Waals surface area contributed by atoms with Crippen molar-refractivity contribution in [2.24, 2.45) is 0 Å². The second-order valence-electron chi connectivity index (χ2n) is 6.19. The molecule has 0 bridgehead atoms. The van der Waals surface area contributed by atoms with E-state index in [1.165, 1.54) is 36.6 Å². The van der Waals surface area contributed by atoms with Crippen LogP contribution in [0.3, 0.4) is 0 Å². The lowest BCUT2D eigenvalue weighted by molar-refractivity contribution is -0.153. The molecule has 1 amide bonds. The van der Waals surface area contributed by atoms with Crippen molar-refractivity contribution in [3.05, 3.63) is 64.3 Å². The first-order chi connectivity index (χ1) is 13.8. The number of halogens is 4. The molecule has 0 aliphatic carbocycles. The van der Waals surface area contributed by atoms with Crippen molar-refractivity contribution in [3.8, 4) is 5.75 Å². The number of carbonyl (C=O) groups is 1. The standard InChI is InChI=1S/C20H17F4NO3S/c1-27-10-14-17-15(21)3-2-4-16(17)29-18(14)19(26)25-9-12-5-7-13(8-6-12)28-11-20(22,23)24/h2-8H,9-11H2,1H3,(H,25,26). The van der Waals surface area contributed by atoms with E-state index in [0.29, 0.717) is 26.1 Å². The lowest BCUT2D eigenvalue weighted by Gasteiger charge is -2.10. The van der Waals surface area contributed by atoms with Crippen LogP contribution < -0.4 is 10.1 Å². The minimum Gasteiger partial charge on any atom is -0.484 e. The highest BCUT2D eigenvalue weighted by atomic mass is 32.1. The van der Waals surface area contributed by atoms with Crippen LogP contribution in [0.25, 0.3) is 10.1 Å². The van der Waals surface area contributed by atoms with Gasteiger partial charge in [-0.15, -0.1) is 11.3 Å². The number of hydrogen-bond acceptors (Lipinski definition) is 4. The summed E-state index contributed by atoms with van der Waals surface area (Å²) in [6.07, 6.45) is -4.41. The number of amides is 1. The Balaban J connectivity index is 1.69. The Kier molecular flexibility index (Phi) is 6.39. The summed E-state index contributed by atoms with van der Waals surface area (Å²) in [5, 5.41) is 3.11. The van der Waals surface area contributed by atoms with E-state index in [4.69, 9.17) is 4.74 Å². The Hall–Kier alpha value is -2.65. The fourth-order valence-corrected chi connectivity index (χ4v) is 3.90. The van der Waals surface area contributed by atoms with Gasteiger partial charge in [0.05, 0.1) is 11.5 Å². The third kappa shape index (κ3) is 5.24. The number of rotatable bonds is 7. The monoisotopic (exact) mass is 427 g/mol. The molecule has 0 radical (unpaired) electrons. The van der Waals surface area contributed by atoms with Crippen molar-refractivity contribution in [3.63, 3.8) is 0 Å². The van der Waals surface area contributed by atoms with Crippen LogP contribution in [0.15, 0.2) is 42.5 Å². The summed E-state index contributed by atoms with van der Waals surface area (Å²) in [7, 11) is 1.47. The van der Waals surface area contributed by atoms with E-state index in [9.17, 15) is 22.4 Å². The molecule has 0 fully saturated rings. The highest BCUT2D eigenvalue weighted by molar-refractivity contribution is 7.21. The first kappa shape index (κ1) is 21.1. The Morgan fingerprint density at radius 1 is 1.14 bits per heavy atom. The molecule has 3 aromatic rings. The molecular formula is C20H17F4NO3S. The Morgan fingerprint density at radius 3 is 2.52 bits per heavy atom. The van der Waals surface area contributed by atoms with Crippen LogP contribution in [0.1, 0.15) is 20.8 Å². The molecule has 0 saturated carbocycles. The van der Waals surface area contributed by atoms with Crippen molar-refractivity contribution >= 4 is 27.3 Å². The van der Waals surface area contributed by atoms with Crippen molar-refractivity contribution in [1.82, 2.24) is 5.32 Å². The zero-order chi connectivity index (χ0) is 21.0. The van der Waals surface area contributed by atoms with Gasteiger partial charge in [-0.2, -0.15) is 13.2 Å². The minimum absolute atomic E-state index is 0.0831. The number of thiophene rings is 1. The second-order valence-corrected chi connectivity index (χ2v) is 7.24. The topological polar surface area (TPSA) is 47.6 Å². The quantitative estimate of drug-likeness (QED) is 0.537. The number of methoxy groups -OCH3 is 1. The van der Waals surface area contributed by atoms with Gasteiger partial charge in [-0.3, -0.25) is 4.79 Å². The average molecular weight is 427 g/mol. The molecule has 0 unspecified atom stereocenters. The van der Waals surface area contributed by atoms with Gasteiger partial charge in [-0.1, -0.05) is 18.2 Å². The minimum atomic E-state index is -4.41. The SMILES string of the molecule is COCc1c(C(=O)NCc2ccc(OCC(F)(F)F)cc2)sc2cccc(F)c12. The van der Waals surface area contributed by atoms with E-state index in [1.54, 1.807) is 24.3 Å². The van der Waals surface area contributed by atoms with E-state index >= 15 is 0 Å². The van der Waals surface area contributed by atoms with Crippen molar-refractivity contribution in [2.75, 3.05) is 13.7 Å². The predicted octanol–water partition coefficient (Wildman–Crippen LogP) is 5.06. The normalized spacial score (nSPS) is 11.6. The number of alkyl halides is 3.